The van der Waals surface area contributed by atoms with Gasteiger partial charge in [0, 0.05) is 53.1 Å². The van der Waals surface area contributed by atoms with E-state index in [1.807, 2.05) is 23.6 Å². The molecule has 1 N–H and O–H groups in total. The molecule has 0 amide bonds. The summed E-state index contributed by atoms with van der Waals surface area (Å²) in [5.74, 6) is 1.72. The number of halogens is 1. The van der Waals surface area contributed by atoms with E-state index in [1.165, 1.54) is 22.2 Å². The van der Waals surface area contributed by atoms with Gasteiger partial charge in [-0.1, -0.05) is 0 Å². The molecule has 0 aromatic carbocycles. The molecule has 1 atom stereocenters. The Morgan fingerprint density at radius 3 is 3.00 bits per heavy atom. The summed E-state index contributed by atoms with van der Waals surface area (Å²) in [6.07, 6.45) is 4.25. The average molecular weight is 438 g/mol. The summed E-state index contributed by atoms with van der Waals surface area (Å²) in [5, 5.41) is 5.78. The maximum Gasteiger partial charge on any atom is 0.227 e. The Labute approximate surface area is 166 Å². The van der Waals surface area contributed by atoms with Crippen molar-refractivity contribution in [1.82, 2.24) is 14.9 Å². The summed E-state index contributed by atoms with van der Waals surface area (Å²) in [7, 11) is 0. The van der Waals surface area contributed by atoms with Gasteiger partial charge in [0.1, 0.15) is 5.82 Å². The van der Waals surface area contributed by atoms with Crippen LogP contribution in [0.5, 0.6) is 0 Å². The second-order valence-corrected chi connectivity index (χ2v) is 8.70. The number of hydrogen-bond acceptors (Lipinski definition) is 7. The molecule has 140 valence electrons. The molecular weight excluding hydrogens is 414 g/mol. The first-order valence-corrected chi connectivity index (χ1v) is 10.8. The van der Waals surface area contributed by atoms with E-state index in [1.54, 1.807) is 0 Å². The highest BCUT2D eigenvalue weighted by molar-refractivity contribution is 9.10. The normalized spacial score (nSPS) is 21.7. The lowest BCUT2D eigenvalue weighted by molar-refractivity contribution is 0.122. The van der Waals surface area contributed by atoms with E-state index in [0.717, 1.165) is 57.7 Å². The van der Waals surface area contributed by atoms with E-state index in [4.69, 9.17) is 9.72 Å². The number of aromatic nitrogens is 2. The highest BCUT2D eigenvalue weighted by Gasteiger charge is 2.21. The number of nitrogens with zero attached hydrogens (tertiary/aromatic N) is 4. The van der Waals surface area contributed by atoms with Crippen molar-refractivity contribution in [2.24, 2.45) is 0 Å². The molecule has 6 nitrogen and oxygen atoms in total. The molecule has 2 aromatic heterocycles. The number of hydrogen-bond donors (Lipinski definition) is 1. The number of thiophene rings is 1. The number of rotatable bonds is 5. The Bertz CT molecular complexity index is 721. The van der Waals surface area contributed by atoms with Gasteiger partial charge in [-0.25, -0.2) is 4.98 Å². The Balaban J connectivity index is 1.35. The largest absolute Gasteiger partial charge is 0.378 e. The predicted octanol–water partition coefficient (Wildman–Crippen LogP) is 3.21. The molecule has 0 saturated carbocycles. The van der Waals surface area contributed by atoms with Crippen LogP contribution in [0.4, 0.5) is 11.8 Å². The van der Waals surface area contributed by atoms with Crippen LogP contribution in [0, 0.1) is 0 Å². The molecule has 8 heteroatoms. The van der Waals surface area contributed by atoms with Crippen molar-refractivity contribution in [3.63, 3.8) is 0 Å². The molecule has 0 spiro atoms. The third kappa shape index (κ3) is 4.73. The molecule has 2 aliphatic heterocycles. The lowest BCUT2D eigenvalue weighted by Gasteiger charge is -2.33. The van der Waals surface area contributed by atoms with Gasteiger partial charge in [-0.2, -0.15) is 4.98 Å². The van der Waals surface area contributed by atoms with Crippen LogP contribution in [0.15, 0.2) is 28.2 Å². The molecule has 4 rings (SSSR count). The fourth-order valence-electron chi connectivity index (χ4n) is 3.53. The molecule has 2 aromatic rings. The van der Waals surface area contributed by atoms with E-state index >= 15 is 0 Å². The van der Waals surface area contributed by atoms with Gasteiger partial charge in [0.2, 0.25) is 5.95 Å². The fraction of sp³-hybridized carbons (Fsp3) is 0.556. The summed E-state index contributed by atoms with van der Waals surface area (Å²) < 4.78 is 6.60. The Kier molecular flexibility index (Phi) is 6.04. The van der Waals surface area contributed by atoms with E-state index < -0.39 is 0 Å². The Morgan fingerprint density at radius 1 is 1.31 bits per heavy atom. The minimum Gasteiger partial charge on any atom is -0.378 e. The predicted molar refractivity (Wildman–Crippen MR) is 109 cm³/mol. The SMILES string of the molecule is Brc1csc(CN2CCCC(Nc3ccnc(N4CCOCC4)n3)C2)c1. The zero-order chi connectivity index (χ0) is 17.8. The lowest BCUT2D eigenvalue weighted by atomic mass is 10.1. The second-order valence-electron chi connectivity index (χ2n) is 6.79. The Morgan fingerprint density at radius 2 is 2.19 bits per heavy atom. The van der Waals surface area contributed by atoms with Crippen LogP contribution in [0.25, 0.3) is 0 Å². The number of ether oxygens (including phenoxy) is 1. The molecule has 26 heavy (non-hydrogen) atoms. The molecule has 0 bridgehead atoms. The number of piperidine rings is 1. The van der Waals surface area contributed by atoms with Crippen molar-refractivity contribution in [1.29, 1.82) is 0 Å². The summed E-state index contributed by atoms with van der Waals surface area (Å²) in [6.45, 7) is 6.45. The first kappa shape index (κ1) is 18.2. The average Bonchev–Trinajstić information content (AvgIpc) is 3.08. The van der Waals surface area contributed by atoms with Gasteiger partial charge in [0.15, 0.2) is 0 Å². The highest BCUT2D eigenvalue weighted by Crippen LogP contribution is 2.23. The third-order valence-electron chi connectivity index (χ3n) is 4.80. The quantitative estimate of drug-likeness (QED) is 0.774. The second kappa shape index (κ2) is 8.65. The summed E-state index contributed by atoms with van der Waals surface area (Å²) in [6, 6.07) is 4.62. The first-order valence-electron chi connectivity index (χ1n) is 9.14. The van der Waals surface area contributed by atoms with Gasteiger partial charge < -0.3 is 15.0 Å². The third-order valence-corrected chi connectivity index (χ3v) is 6.48. The van der Waals surface area contributed by atoms with E-state index in [2.05, 4.69) is 47.5 Å². The van der Waals surface area contributed by atoms with Crippen LogP contribution < -0.4 is 10.2 Å². The molecule has 1 unspecified atom stereocenters. The van der Waals surface area contributed by atoms with E-state index in [9.17, 15) is 0 Å². The number of nitrogens with one attached hydrogen (secondary N) is 1. The van der Waals surface area contributed by atoms with Gasteiger partial charge in [-0.15, -0.1) is 11.3 Å². The van der Waals surface area contributed by atoms with Gasteiger partial charge >= 0.3 is 0 Å². The van der Waals surface area contributed by atoms with Gasteiger partial charge in [-0.05, 0) is 47.4 Å². The molecular formula is C18H24BrN5OS. The van der Waals surface area contributed by atoms with Gasteiger partial charge in [0.25, 0.3) is 0 Å². The van der Waals surface area contributed by atoms with Crippen LogP contribution in [-0.4, -0.2) is 60.3 Å². The zero-order valence-corrected chi connectivity index (χ0v) is 17.1. The van der Waals surface area contributed by atoms with Gasteiger partial charge in [-0.3, -0.25) is 4.90 Å². The number of likely N-dealkylation sites (tertiary alicyclic amines) is 1. The number of morpholine rings is 1. The van der Waals surface area contributed by atoms with Crippen molar-refractivity contribution in [2.75, 3.05) is 49.6 Å². The van der Waals surface area contributed by atoms with Crippen molar-refractivity contribution >= 4 is 39.0 Å². The molecule has 2 fully saturated rings. The fourth-order valence-corrected chi connectivity index (χ4v) is 5.02. The molecule has 0 radical (unpaired) electrons. The Hall–Kier alpha value is -1.22. The minimum absolute atomic E-state index is 0.430. The zero-order valence-electron chi connectivity index (χ0n) is 14.7. The summed E-state index contributed by atoms with van der Waals surface area (Å²) >= 11 is 5.37. The van der Waals surface area contributed by atoms with Crippen molar-refractivity contribution in [2.45, 2.75) is 25.4 Å². The van der Waals surface area contributed by atoms with E-state index in [-0.39, 0.29) is 0 Å². The van der Waals surface area contributed by atoms with Crippen LogP contribution in [0.2, 0.25) is 0 Å². The van der Waals surface area contributed by atoms with Crippen molar-refractivity contribution < 1.29 is 4.74 Å². The first-order chi connectivity index (χ1) is 12.8. The molecule has 4 heterocycles. The monoisotopic (exact) mass is 437 g/mol. The molecule has 0 aliphatic carbocycles. The van der Waals surface area contributed by atoms with Gasteiger partial charge in [0.05, 0.1) is 13.2 Å². The maximum atomic E-state index is 5.41. The van der Waals surface area contributed by atoms with Crippen LogP contribution >= 0.6 is 27.3 Å². The van der Waals surface area contributed by atoms with Crippen LogP contribution in [-0.2, 0) is 11.3 Å². The smallest absolute Gasteiger partial charge is 0.227 e. The van der Waals surface area contributed by atoms with Crippen molar-refractivity contribution in [3.05, 3.63) is 33.1 Å². The summed E-state index contributed by atoms with van der Waals surface area (Å²) in [5.41, 5.74) is 0. The van der Waals surface area contributed by atoms with Crippen LogP contribution in [0.1, 0.15) is 17.7 Å². The summed E-state index contributed by atoms with van der Waals surface area (Å²) in [4.78, 5) is 15.3. The lowest BCUT2D eigenvalue weighted by Crippen LogP contribution is -2.41. The van der Waals surface area contributed by atoms with Crippen LogP contribution in [0.3, 0.4) is 0 Å². The van der Waals surface area contributed by atoms with Crippen molar-refractivity contribution in [3.8, 4) is 0 Å². The highest BCUT2D eigenvalue weighted by atomic mass is 79.9. The number of anilines is 2. The van der Waals surface area contributed by atoms with E-state index in [0.29, 0.717) is 6.04 Å². The topological polar surface area (TPSA) is 53.5 Å². The maximum absolute atomic E-state index is 5.41. The minimum atomic E-state index is 0.430. The molecule has 2 aliphatic rings. The standard InChI is InChI=1S/C18H24BrN5OS/c19-14-10-16(26-13-14)12-23-5-1-2-15(11-23)21-17-3-4-20-18(22-17)24-6-8-25-9-7-24/h3-4,10,13,15H,1-2,5-9,11-12H2,(H,20,21,22). The molecule has 2 saturated heterocycles.